The van der Waals surface area contributed by atoms with Crippen LogP contribution in [0.25, 0.3) is 22.3 Å². The zero-order valence-electron chi connectivity index (χ0n) is 15.7. The number of ether oxygens (including phenoxy) is 1. The Kier molecular flexibility index (Phi) is 4.49. The molecule has 140 valence electrons. The van der Waals surface area contributed by atoms with E-state index in [2.05, 4.69) is 20.4 Å². The number of rotatable bonds is 4. The topological polar surface area (TPSA) is 90.1 Å². The van der Waals surface area contributed by atoms with Gasteiger partial charge < -0.3 is 14.6 Å². The van der Waals surface area contributed by atoms with Gasteiger partial charge in [0.15, 0.2) is 0 Å². The fourth-order valence-electron chi connectivity index (χ4n) is 2.80. The van der Waals surface area contributed by atoms with Crippen molar-refractivity contribution in [3.63, 3.8) is 0 Å². The molecule has 0 bridgehead atoms. The van der Waals surface area contributed by atoms with Crippen molar-refractivity contribution in [3.8, 4) is 17.0 Å². The van der Waals surface area contributed by atoms with Crippen LogP contribution < -0.4 is 10.1 Å². The summed E-state index contributed by atoms with van der Waals surface area (Å²) in [5, 5.41) is 6.79. The van der Waals surface area contributed by atoms with E-state index in [1.807, 2.05) is 44.2 Å². The lowest BCUT2D eigenvalue weighted by molar-refractivity contribution is 0.0988. The molecule has 0 unspecified atom stereocenters. The Hall–Kier alpha value is -3.74. The van der Waals surface area contributed by atoms with E-state index >= 15 is 0 Å². The first-order valence-corrected chi connectivity index (χ1v) is 8.71. The molecule has 0 saturated heterocycles. The number of nitrogens with zero attached hydrogens (tertiary/aromatic N) is 3. The molecule has 1 amide bonds. The highest BCUT2D eigenvalue weighted by Crippen LogP contribution is 2.24. The van der Waals surface area contributed by atoms with Crippen LogP contribution in [-0.2, 0) is 0 Å². The third kappa shape index (κ3) is 3.42. The Morgan fingerprint density at radius 2 is 1.79 bits per heavy atom. The number of carbonyl (C=O) groups is 1. The molecule has 28 heavy (non-hydrogen) atoms. The SMILES string of the molecule is COc1cccc(-c2cc(C(=O)Nc3ccc4nc(C)c(C)nc4c3)on2)c1. The number of aromatic nitrogens is 3. The van der Waals surface area contributed by atoms with E-state index in [1.165, 1.54) is 0 Å². The lowest BCUT2D eigenvalue weighted by Crippen LogP contribution is -2.11. The highest BCUT2D eigenvalue weighted by Gasteiger charge is 2.15. The van der Waals surface area contributed by atoms with E-state index in [-0.39, 0.29) is 5.76 Å². The minimum Gasteiger partial charge on any atom is -0.497 e. The van der Waals surface area contributed by atoms with E-state index in [4.69, 9.17) is 9.26 Å². The van der Waals surface area contributed by atoms with E-state index in [1.54, 1.807) is 25.3 Å². The number of hydrogen-bond donors (Lipinski definition) is 1. The fraction of sp³-hybridized carbons (Fsp3) is 0.143. The standard InChI is InChI=1S/C21H18N4O3/c1-12-13(2)23-19-10-15(7-8-17(19)22-12)24-21(26)20-11-18(25-28-20)14-5-4-6-16(9-14)27-3/h4-11H,1-3H3,(H,24,26). The fourth-order valence-corrected chi connectivity index (χ4v) is 2.80. The molecule has 7 heteroatoms. The molecule has 4 rings (SSSR count). The Balaban J connectivity index is 1.56. The monoisotopic (exact) mass is 374 g/mol. The normalized spacial score (nSPS) is 10.8. The van der Waals surface area contributed by atoms with Crippen molar-refractivity contribution in [2.45, 2.75) is 13.8 Å². The molecule has 4 aromatic rings. The Bertz CT molecular complexity index is 1180. The van der Waals surface area contributed by atoms with Crippen LogP contribution in [0.5, 0.6) is 5.75 Å². The Morgan fingerprint density at radius 3 is 2.57 bits per heavy atom. The van der Waals surface area contributed by atoms with Crippen LogP contribution in [0, 0.1) is 13.8 Å². The average Bonchev–Trinajstić information content (AvgIpc) is 3.20. The van der Waals surface area contributed by atoms with Gasteiger partial charge in [0, 0.05) is 17.3 Å². The lowest BCUT2D eigenvalue weighted by atomic mass is 10.1. The van der Waals surface area contributed by atoms with E-state index < -0.39 is 5.91 Å². The highest BCUT2D eigenvalue weighted by molar-refractivity contribution is 6.03. The second-order valence-corrected chi connectivity index (χ2v) is 6.36. The summed E-state index contributed by atoms with van der Waals surface area (Å²) in [5.74, 6) is 0.427. The maximum atomic E-state index is 12.5. The summed E-state index contributed by atoms with van der Waals surface area (Å²) in [6.07, 6.45) is 0. The van der Waals surface area contributed by atoms with Crippen molar-refractivity contribution < 1.29 is 14.1 Å². The molecule has 2 heterocycles. The Morgan fingerprint density at radius 1 is 1.00 bits per heavy atom. The zero-order valence-corrected chi connectivity index (χ0v) is 15.7. The van der Waals surface area contributed by atoms with Gasteiger partial charge in [0.05, 0.1) is 29.5 Å². The molecular weight excluding hydrogens is 356 g/mol. The summed E-state index contributed by atoms with van der Waals surface area (Å²) in [7, 11) is 1.59. The van der Waals surface area contributed by atoms with Gasteiger partial charge in [-0.05, 0) is 44.2 Å². The summed E-state index contributed by atoms with van der Waals surface area (Å²) >= 11 is 0. The molecule has 0 atom stereocenters. The van der Waals surface area contributed by atoms with Crippen molar-refractivity contribution in [2.24, 2.45) is 0 Å². The van der Waals surface area contributed by atoms with Crippen LogP contribution in [0.3, 0.4) is 0 Å². The van der Waals surface area contributed by atoms with Gasteiger partial charge in [0.2, 0.25) is 5.76 Å². The smallest absolute Gasteiger partial charge is 0.294 e. The van der Waals surface area contributed by atoms with Gasteiger partial charge in [0.25, 0.3) is 5.91 Å². The number of fused-ring (bicyclic) bond motifs is 1. The molecule has 2 aromatic heterocycles. The molecule has 0 aliphatic heterocycles. The quantitative estimate of drug-likeness (QED) is 0.577. The average molecular weight is 374 g/mol. The first-order valence-electron chi connectivity index (χ1n) is 8.71. The third-order valence-corrected chi connectivity index (χ3v) is 4.43. The first-order chi connectivity index (χ1) is 13.5. The third-order valence-electron chi connectivity index (χ3n) is 4.43. The molecule has 0 radical (unpaired) electrons. The molecule has 0 fully saturated rings. The van der Waals surface area contributed by atoms with E-state index in [9.17, 15) is 4.79 Å². The highest BCUT2D eigenvalue weighted by atomic mass is 16.5. The van der Waals surface area contributed by atoms with E-state index in [0.29, 0.717) is 17.1 Å². The maximum Gasteiger partial charge on any atom is 0.294 e. The van der Waals surface area contributed by atoms with Gasteiger partial charge in [-0.15, -0.1) is 0 Å². The summed E-state index contributed by atoms with van der Waals surface area (Å²) < 4.78 is 10.4. The van der Waals surface area contributed by atoms with Crippen molar-refractivity contribution in [1.82, 2.24) is 15.1 Å². The van der Waals surface area contributed by atoms with Crippen LogP contribution >= 0.6 is 0 Å². The van der Waals surface area contributed by atoms with Gasteiger partial charge in [-0.2, -0.15) is 0 Å². The van der Waals surface area contributed by atoms with Crippen LogP contribution in [0.4, 0.5) is 5.69 Å². The molecule has 2 aromatic carbocycles. The van der Waals surface area contributed by atoms with Crippen LogP contribution in [0.2, 0.25) is 0 Å². The van der Waals surface area contributed by atoms with Gasteiger partial charge in [-0.25, -0.2) is 9.97 Å². The van der Waals surface area contributed by atoms with Crippen molar-refractivity contribution >= 4 is 22.6 Å². The molecule has 1 N–H and O–H groups in total. The number of methoxy groups -OCH3 is 1. The summed E-state index contributed by atoms with van der Waals surface area (Å²) in [6.45, 7) is 3.82. The van der Waals surface area contributed by atoms with Gasteiger partial charge in [0.1, 0.15) is 11.4 Å². The molecule has 7 nitrogen and oxygen atoms in total. The number of aryl methyl sites for hydroxylation is 2. The molecular formula is C21H18N4O3. The van der Waals surface area contributed by atoms with Gasteiger partial charge in [-0.1, -0.05) is 17.3 Å². The lowest BCUT2D eigenvalue weighted by Gasteiger charge is -2.06. The van der Waals surface area contributed by atoms with Gasteiger partial charge >= 0.3 is 0 Å². The number of anilines is 1. The second kappa shape index (κ2) is 7.11. The largest absolute Gasteiger partial charge is 0.497 e. The summed E-state index contributed by atoms with van der Waals surface area (Å²) in [4.78, 5) is 21.5. The van der Waals surface area contributed by atoms with Crippen LogP contribution in [0.15, 0.2) is 53.1 Å². The summed E-state index contributed by atoms with van der Waals surface area (Å²) in [5.41, 5.74) is 5.20. The van der Waals surface area contributed by atoms with Crippen LogP contribution in [0.1, 0.15) is 21.9 Å². The maximum absolute atomic E-state index is 12.5. The minimum absolute atomic E-state index is 0.115. The molecule has 0 saturated carbocycles. The predicted octanol–water partition coefficient (Wildman–Crippen LogP) is 4.16. The van der Waals surface area contributed by atoms with E-state index in [0.717, 1.165) is 28.0 Å². The zero-order chi connectivity index (χ0) is 19.7. The van der Waals surface area contributed by atoms with Crippen molar-refractivity contribution in [3.05, 3.63) is 65.7 Å². The van der Waals surface area contributed by atoms with Crippen molar-refractivity contribution in [2.75, 3.05) is 12.4 Å². The van der Waals surface area contributed by atoms with Crippen molar-refractivity contribution in [1.29, 1.82) is 0 Å². The number of hydrogen-bond acceptors (Lipinski definition) is 6. The number of nitrogens with one attached hydrogen (secondary N) is 1. The number of carbonyl (C=O) groups excluding carboxylic acids is 1. The van der Waals surface area contributed by atoms with Gasteiger partial charge in [-0.3, -0.25) is 4.79 Å². The summed E-state index contributed by atoms with van der Waals surface area (Å²) in [6, 6.07) is 14.4. The van der Waals surface area contributed by atoms with Crippen LogP contribution in [-0.4, -0.2) is 28.1 Å². The first kappa shape index (κ1) is 17.7. The molecule has 0 aliphatic rings. The molecule has 0 aliphatic carbocycles. The number of amides is 1. The number of benzene rings is 2. The predicted molar refractivity (Wildman–Crippen MR) is 105 cm³/mol. The molecule has 0 spiro atoms. The minimum atomic E-state index is -0.391. The Labute approximate surface area is 161 Å². The second-order valence-electron chi connectivity index (χ2n) is 6.36.